The van der Waals surface area contributed by atoms with Crippen LogP contribution >= 0.6 is 11.8 Å². The molecule has 0 radical (unpaired) electrons. The van der Waals surface area contributed by atoms with Gasteiger partial charge in [-0.25, -0.2) is 4.79 Å². The number of aliphatic hydroxyl groups excluding tert-OH is 1. The van der Waals surface area contributed by atoms with Gasteiger partial charge in [-0.15, -0.1) is 0 Å². The maximum Gasteiger partial charge on any atom is 0.315 e. The van der Waals surface area contributed by atoms with E-state index in [1.165, 1.54) is 12.8 Å². The van der Waals surface area contributed by atoms with Crippen molar-refractivity contribution in [1.82, 2.24) is 10.6 Å². The third kappa shape index (κ3) is 5.89. The van der Waals surface area contributed by atoms with Crippen LogP contribution in [0.2, 0.25) is 0 Å². The Bertz CT molecular complexity index is 455. The Balaban J connectivity index is 1.66. The van der Waals surface area contributed by atoms with Gasteiger partial charge in [-0.05, 0) is 31.1 Å². The van der Waals surface area contributed by atoms with Crippen LogP contribution in [0.4, 0.5) is 4.79 Å². The highest BCUT2D eigenvalue weighted by Crippen LogP contribution is 2.26. The van der Waals surface area contributed by atoms with Crippen molar-refractivity contribution < 1.29 is 9.90 Å². The van der Waals surface area contributed by atoms with Gasteiger partial charge in [-0.3, -0.25) is 0 Å². The first-order chi connectivity index (χ1) is 10.7. The lowest BCUT2D eigenvalue weighted by atomic mass is 9.95. The van der Waals surface area contributed by atoms with E-state index in [0.717, 1.165) is 18.4 Å². The highest BCUT2D eigenvalue weighted by Gasteiger charge is 2.22. The lowest BCUT2D eigenvalue weighted by molar-refractivity contribution is 0.169. The normalized spacial score (nSPS) is 22.8. The highest BCUT2D eigenvalue weighted by atomic mass is 32.2. The molecule has 1 fully saturated rings. The Kier molecular flexibility index (Phi) is 7.06. The quantitative estimate of drug-likeness (QED) is 0.754. The number of aliphatic hydroxyl groups is 1. The summed E-state index contributed by atoms with van der Waals surface area (Å²) in [5, 5.41) is 16.5. The number of urea groups is 1. The standard InChI is InChI=1S/C17H26N2O2S/c1-22-16-9-5-8-14(11-16)19-17(21)18-12-15(20)10-13-6-3-2-4-7-13/h2-4,6-7,14-16,20H,5,8-12H2,1H3,(H2,18,19,21). The van der Waals surface area contributed by atoms with E-state index in [9.17, 15) is 9.90 Å². The van der Waals surface area contributed by atoms with E-state index in [1.54, 1.807) is 0 Å². The van der Waals surface area contributed by atoms with Gasteiger partial charge in [0.2, 0.25) is 0 Å². The fraction of sp³-hybridized carbons (Fsp3) is 0.588. The smallest absolute Gasteiger partial charge is 0.315 e. The van der Waals surface area contributed by atoms with Crippen molar-refractivity contribution in [1.29, 1.82) is 0 Å². The van der Waals surface area contributed by atoms with Crippen molar-refractivity contribution in [2.45, 2.75) is 49.5 Å². The van der Waals surface area contributed by atoms with Crippen molar-refractivity contribution in [2.24, 2.45) is 0 Å². The first-order valence-corrected chi connectivity index (χ1v) is 9.25. The van der Waals surface area contributed by atoms with Crippen LogP contribution in [0.3, 0.4) is 0 Å². The second kappa shape index (κ2) is 9.06. The molecule has 3 unspecified atom stereocenters. The summed E-state index contributed by atoms with van der Waals surface area (Å²) in [4.78, 5) is 11.9. The second-order valence-corrected chi connectivity index (χ2v) is 7.06. The number of hydrogen-bond donors (Lipinski definition) is 3. The molecule has 3 atom stereocenters. The van der Waals surface area contributed by atoms with Crippen LogP contribution in [0.5, 0.6) is 0 Å². The molecule has 1 aromatic rings. The summed E-state index contributed by atoms with van der Waals surface area (Å²) in [6.45, 7) is 0.277. The average molecular weight is 322 g/mol. The van der Waals surface area contributed by atoms with E-state index < -0.39 is 6.10 Å². The number of carbonyl (C=O) groups excluding carboxylic acids is 1. The summed E-state index contributed by atoms with van der Waals surface area (Å²) in [5.41, 5.74) is 1.08. The van der Waals surface area contributed by atoms with Crippen LogP contribution in [0.25, 0.3) is 0 Å². The largest absolute Gasteiger partial charge is 0.391 e. The fourth-order valence-electron chi connectivity index (χ4n) is 2.90. The zero-order valence-electron chi connectivity index (χ0n) is 13.1. The maximum atomic E-state index is 11.9. The molecule has 22 heavy (non-hydrogen) atoms. The van der Waals surface area contributed by atoms with Crippen molar-refractivity contribution in [3.05, 3.63) is 35.9 Å². The summed E-state index contributed by atoms with van der Waals surface area (Å²) >= 11 is 1.88. The first-order valence-electron chi connectivity index (χ1n) is 7.96. The van der Waals surface area contributed by atoms with Gasteiger partial charge in [0.25, 0.3) is 0 Å². The molecule has 1 aliphatic rings. The molecule has 0 spiro atoms. The number of amides is 2. The summed E-state index contributed by atoms with van der Waals surface area (Å²) < 4.78 is 0. The summed E-state index contributed by atoms with van der Waals surface area (Å²) in [5.74, 6) is 0. The van der Waals surface area contributed by atoms with Crippen LogP contribution < -0.4 is 10.6 Å². The first kappa shape index (κ1) is 17.2. The Hall–Kier alpha value is -1.20. The number of rotatable bonds is 6. The molecule has 2 amide bonds. The number of nitrogens with one attached hydrogen (secondary N) is 2. The molecule has 3 N–H and O–H groups in total. The van der Waals surface area contributed by atoms with Gasteiger partial charge in [0, 0.05) is 24.3 Å². The van der Waals surface area contributed by atoms with Crippen LogP contribution in [0, 0.1) is 0 Å². The summed E-state index contributed by atoms with van der Waals surface area (Å²) in [7, 11) is 0. The summed E-state index contributed by atoms with van der Waals surface area (Å²) in [6.07, 6.45) is 6.65. The molecule has 0 bridgehead atoms. The molecule has 0 aliphatic heterocycles. The van der Waals surface area contributed by atoms with Gasteiger partial charge >= 0.3 is 6.03 Å². The Morgan fingerprint density at radius 1 is 1.36 bits per heavy atom. The molecule has 122 valence electrons. The van der Waals surface area contributed by atoms with E-state index in [2.05, 4.69) is 16.9 Å². The molecule has 0 heterocycles. The van der Waals surface area contributed by atoms with E-state index in [-0.39, 0.29) is 18.6 Å². The number of hydrogen-bond acceptors (Lipinski definition) is 3. The van der Waals surface area contributed by atoms with Crippen molar-refractivity contribution >= 4 is 17.8 Å². The summed E-state index contributed by atoms with van der Waals surface area (Å²) in [6, 6.07) is 9.91. The lowest BCUT2D eigenvalue weighted by Crippen LogP contribution is -2.46. The van der Waals surface area contributed by atoms with Gasteiger partial charge in [0.15, 0.2) is 0 Å². The van der Waals surface area contributed by atoms with E-state index in [0.29, 0.717) is 11.7 Å². The van der Waals surface area contributed by atoms with E-state index in [4.69, 9.17) is 0 Å². The van der Waals surface area contributed by atoms with Crippen LogP contribution in [0.15, 0.2) is 30.3 Å². The predicted octanol–water partition coefficient (Wildman–Crippen LogP) is 2.56. The van der Waals surface area contributed by atoms with Gasteiger partial charge in [-0.2, -0.15) is 11.8 Å². The topological polar surface area (TPSA) is 61.4 Å². The predicted molar refractivity (Wildman–Crippen MR) is 92.2 cm³/mol. The molecule has 5 heteroatoms. The average Bonchev–Trinajstić information content (AvgIpc) is 2.54. The van der Waals surface area contributed by atoms with Crippen molar-refractivity contribution in [2.75, 3.05) is 12.8 Å². The monoisotopic (exact) mass is 322 g/mol. The third-order valence-corrected chi connectivity index (χ3v) is 5.20. The van der Waals surface area contributed by atoms with E-state index >= 15 is 0 Å². The minimum absolute atomic E-state index is 0.168. The van der Waals surface area contributed by atoms with Gasteiger partial charge < -0.3 is 15.7 Å². The highest BCUT2D eigenvalue weighted by molar-refractivity contribution is 7.99. The third-order valence-electron chi connectivity index (χ3n) is 4.11. The maximum absolute atomic E-state index is 11.9. The Labute approximate surface area is 137 Å². The molecular formula is C17H26N2O2S. The van der Waals surface area contributed by atoms with Crippen LogP contribution in [-0.4, -0.2) is 41.3 Å². The van der Waals surface area contributed by atoms with Crippen molar-refractivity contribution in [3.8, 4) is 0 Å². The Morgan fingerprint density at radius 2 is 2.14 bits per heavy atom. The number of thioether (sulfide) groups is 1. The minimum Gasteiger partial charge on any atom is -0.391 e. The van der Waals surface area contributed by atoms with Gasteiger partial charge in [0.1, 0.15) is 0 Å². The molecule has 0 aromatic heterocycles. The molecular weight excluding hydrogens is 296 g/mol. The van der Waals surface area contributed by atoms with Crippen LogP contribution in [0.1, 0.15) is 31.2 Å². The van der Waals surface area contributed by atoms with Gasteiger partial charge in [-0.1, -0.05) is 36.8 Å². The van der Waals surface area contributed by atoms with Crippen molar-refractivity contribution in [3.63, 3.8) is 0 Å². The molecule has 2 rings (SSSR count). The number of carbonyl (C=O) groups is 1. The van der Waals surface area contributed by atoms with Crippen LogP contribution in [-0.2, 0) is 6.42 Å². The minimum atomic E-state index is -0.557. The molecule has 0 saturated heterocycles. The molecule has 1 aliphatic carbocycles. The lowest BCUT2D eigenvalue weighted by Gasteiger charge is -2.28. The number of benzene rings is 1. The Morgan fingerprint density at radius 3 is 2.86 bits per heavy atom. The zero-order valence-corrected chi connectivity index (χ0v) is 13.9. The SMILES string of the molecule is CSC1CCCC(NC(=O)NCC(O)Cc2ccccc2)C1. The molecule has 4 nitrogen and oxygen atoms in total. The zero-order chi connectivity index (χ0) is 15.8. The van der Waals surface area contributed by atoms with Gasteiger partial charge in [0.05, 0.1) is 6.10 Å². The molecule has 1 aromatic carbocycles. The second-order valence-electron chi connectivity index (χ2n) is 5.92. The molecule has 1 saturated carbocycles. The fourth-order valence-corrected chi connectivity index (χ4v) is 3.72. The van der Waals surface area contributed by atoms with E-state index in [1.807, 2.05) is 42.1 Å².